The van der Waals surface area contributed by atoms with Gasteiger partial charge >= 0.3 is 12.1 Å². The van der Waals surface area contributed by atoms with Crippen molar-refractivity contribution in [3.8, 4) is 0 Å². The Bertz CT molecular complexity index is 776. The number of imide groups is 1. The maximum atomic E-state index is 12.4. The van der Waals surface area contributed by atoms with Crippen molar-refractivity contribution in [2.45, 2.75) is 38.0 Å². The summed E-state index contributed by atoms with van der Waals surface area (Å²) in [5.41, 5.74) is -2.43. The van der Waals surface area contributed by atoms with Crippen molar-refractivity contribution in [3.63, 3.8) is 0 Å². The average molecular weight is 397 g/mol. The molecule has 1 atom stereocenters. The molecule has 10 heteroatoms. The molecule has 1 aromatic heterocycles. The van der Waals surface area contributed by atoms with E-state index in [4.69, 9.17) is 16.3 Å². The SMILES string of the molecule is CCN1C(=O)OC2(CCN(C(=O)NC(=O)c3cccnc3Cl)CC2)C1(C)O. The number of ether oxygens (including phenoxy) is 1. The number of aliphatic hydroxyl groups is 1. The molecule has 4 amide bonds. The number of nitrogens with zero attached hydrogens (tertiary/aromatic N) is 3. The lowest BCUT2D eigenvalue weighted by molar-refractivity contribution is -0.161. The second-order valence-electron chi connectivity index (χ2n) is 6.72. The van der Waals surface area contributed by atoms with Crippen LogP contribution in [0.5, 0.6) is 0 Å². The van der Waals surface area contributed by atoms with E-state index in [0.717, 1.165) is 0 Å². The van der Waals surface area contributed by atoms with Crippen LogP contribution in [0.15, 0.2) is 18.3 Å². The van der Waals surface area contributed by atoms with E-state index in [1.54, 1.807) is 19.9 Å². The zero-order valence-corrected chi connectivity index (χ0v) is 15.8. The molecule has 1 spiro atoms. The van der Waals surface area contributed by atoms with Crippen molar-refractivity contribution in [1.29, 1.82) is 0 Å². The molecular formula is C17H21ClN4O5. The van der Waals surface area contributed by atoms with Crippen molar-refractivity contribution in [3.05, 3.63) is 29.0 Å². The molecule has 3 rings (SSSR count). The smallest absolute Gasteiger partial charge is 0.412 e. The zero-order valence-electron chi connectivity index (χ0n) is 15.1. The summed E-state index contributed by atoms with van der Waals surface area (Å²) < 4.78 is 5.49. The summed E-state index contributed by atoms with van der Waals surface area (Å²) in [7, 11) is 0. The normalized spacial score (nSPS) is 24.1. The quantitative estimate of drug-likeness (QED) is 0.734. The van der Waals surface area contributed by atoms with Crippen LogP contribution in [0.2, 0.25) is 5.15 Å². The van der Waals surface area contributed by atoms with Crippen molar-refractivity contribution in [2.24, 2.45) is 0 Å². The third-order valence-electron chi connectivity index (χ3n) is 5.29. The van der Waals surface area contributed by atoms with Gasteiger partial charge < -0.3 is 14.7 Å². The van der Waals surface area contributed by atoms with Crippen LogP contribution in [0.25, 0.3) is 0 Å². The molecule has 0 aliphatic carbocycles. The molecule has 0 bridgehead atoms. The maximum Gasteiger partial charge on any atom is 0.412 e. The Hall–Kier alpha value is -2.39. The van der Waals surface area contributed by atoms with Crippen LogP contribution in [-0.4, -0.2) is 68.9 Å². The number of likely N-dealkylation sites (N-methyl/N-ethyl adjacent to an activating group) is 1. The number of rotatable bonds is 2. The molecule has 146 valence electrons. The van der Waals surface area contributed by atoms with Gasteiger partial charge in [-0.2, -0.15) is 0 Å². The first kappa shape index (κ1) is 19.4. The predicted molar refractivity (Wildman–Crippen MR) is 95.1 cm³/mol. The van der Waals surface area contributed by atoms with E-state index in [2.05, 4.69) is 10.3 Å². The van der Waals surface area contributed by atoms with E-state index in [0.29, 0.717) is 6.54 Å². The lowest BCUT2D eigenvalue weighted by Crippen LogP contribution is -2.61. The monoisotopic (exact) mass is 396 g/mol. The first-order chi connectivity index (χ1) is 12.7. The lowest BCUT2D eigenvalue weighted by atomic mass is 9.82. The molecule has 9 nitrogen and oxygen atoms in total. The Labute approximate surface area is 161 Å². The fourth-order valence-electron chi connectivity index (χ4n) is 3.63. The highest BCUT2D eigenvalue weighted by Crippen LogP contribution is 2.44. The van der Waals surface area contributed by atoms with E-state index in [9.17, 15) is 19.5 Å². The number of nitrogens with one attached hydrogen (secondary N) is 1. The number of carbonyl (C=O) groups excluding carboxylic acids is 3. The summed E-state index contributed by atoms with van der Waals surface area (Å²) in [6.45, 7) is 4.07. The first-order valence-corrected chi connectivity index (χ1v) is 9.03. The third kappa shape index (κ3) is 3.21. The zero-order chi connectivity index (χ0) is 19.8. The van der Waals surface area contributed by atoms with Gasteiger partial charge in [-0.15, -0.1) is 0 Å². The molecule has 2 saturated heterocycles. The first-order valence-electron chi connectivity index (χ1n) is 8.65. The molecule has 1 aromatic rings. The highest BCUT2D eigenvalue weighted by atomic mass is 35.5. The Morgan fingerprint density at radius 3 is 2.63 bits per heavy atom. The Kier molecular flexibility index (Phi) is 5.00. The van der Waals surface area contributed by atoms with Crippen molar-refractivity contribution in [2.75, 3.05) is 19.6 Å². The molecule has 2 N–H and O–H groups in total. The van der Waals surface area contributed by atoms with Crippen LogP contribution in [-0.2, 0) is 4.74 Å². The van der Waals surface area contributed by atoms with Gasteiger partial charge in [-0.25, -0.2) is 14.6 Å². The van der Waals surface area contributed by atoms with Crippen LogP contribution in [0, 0.1) is 0 Å². The van der Waals surface area contributed by atoms with Gasteiger partial charge in [0.2, 0.25) is 0 Å². The maximum absolute atomic E-state index is 12.4. The third-order valence-corrected chi connectivity index (χ3v) is 5.59. The highest BCUT2D eigenvalue weighted by molar-refractivity contribution is 6.33. The standard InChI is InChI=1S/C17H21ClN4O5/c1-3-22-15(25)27-17(16(22,2)26)6-9-21(10-7-17)14(24)20-13(23)11-5-4-8-19-12(11)18/h4-5,8,26H,3,6-7,9-10H2,1-2H3,(H,20,23,24). The van der Waals surface area contributed by atoms with Gasteiger partial charge in [-0.1, -0.05) is 11.6 Å². The van der Waals surface area contributed by atoms with E-state index in [1.807, 2.05) is 0 Å². The van der Waals surface area contributed by atoms with Crippen molar-refractivity contribution >= 4 is 29.6 Å². The van der Waals surface area contributed by atoms with Gasteiger partial charge in [-0.3, -0.25) is 15.0 Å². The summed E-state index contributed by atoms with van der Waals surface area (Å²) in [5, 5.41) is 13.1. The van der Waals surface area contributed by atoms with Crippen molar-refractivity contribution < 1.29 is 24.2 Å². The minimum atomic E-state index is -1.46. The number of pyridine rings is 1. The summed E-state index contributed by atoms with van der Waals surface area (Å²) >= 11 is 5.86. The van der Waals surface area contributed by atoms with E-state index in [-0.39, 0.29) is 36.6 Å². The number of aromatic nitrogens is 1. The topological polar surface area (TPSA) is 112 Å². The van der Waals surface area contributed by atoms with Gasteiger partial charge in [0.1, 0.15) is 5.15 Å². The van der Waals surface area contributed by atoms with Crippen LogP contribution >= 0.6 is 11.6 Å². The number of halogens is 1. The minimum absolute atomic E-state index is 0.00830. The molecule has 0 saturated carbocycles. The van der Waals surface area contributed by atoms with Gasteiger partial charge in [0, 0.05) is 38.7 Å². The number of piperidine rings is 1. The number of amides is 4. The molecule has 0 aromatic carbocycles. The molecule has 2 aliphatic heterocycles. The number of urea groups is 1. The summed E-state index contributed by atoms with van der Waals surface area (Å²) in [6.07, 6.45) is 1.40. The number of hydrogen-bond acceptors (Lipinski definition) is 6. The van der Waals surface area contributed by atoms with Crippen molar-refractivity contribution in [1.82, 2.24) is 20.1 Å². The van der Waals surface area contributed by atoms with Crippen LogP contribution in [0.1, 0.15) is 37.0 Å². The van der Waals surface area contributed by atoms with E-state index in [1.165, 1.54) is 22.1 Å². The fourth-order valence-corrected chi connectivity index (χ4v) is 3.83. The summed E-state index contributed by atoms with van der Waals surface area (Å²) in [6, 6.07) is 2.44. The van der Waals surface area contributed by atoms with Crippen LogP contribution < -0.4 is 5.32 Å². The van der Waals surface area contributed by atoms with Gasteiger partial charge in [0.15, 0.2) is 11.3 Å². The average Bonchev–Trinajstić information content (AvgIpc) is 2.80. The molecule has 0 radical (unpaired) electrons. The summed E-state index contributed by atoms with van der Waals surface area (Å²) in [4.78, 5) is 43.1. The second kappa shape index (κ2) is 6.97. The second-order valence-corrected chi connectivity index (χ2v) is 7.07. The lowest BCUT2D eigenvalue weighted by Gasteiger charge is -2.44. The van der Waals surface area contributed by atoms with Gasteiger partial charge in [0.25, 0.3) is 5.91 Å². The van der Waals surface area contributed by atoms with E-state index >= 15 is 0 Å². The minimum Gasteiger partial charge on any atom is -0.437 e. The number of hydrogen-bond donors (Lipinski definition) is 2. The molecule has 27 heavy (non-hydrogen) atoms. The molecular weight excluding hydrogens is 376 g/mol. The summed E-state index contributed by atoms with van der Waals surface area (Å²) in [5.74, 6) is -0.644. The van der Waals surface area contributed by atoms with Crippen LogP contribution in [0.3, 0.4) is 0 Å². The number of carbonyl (C=O) groups is 3. The Morgan fingerprint density at radius 2 is 2.07 bits per heavy atom. The highest BCUT2D eigenvalue weighted by Gasteiger charge is 2.62. The van der Waals surface area contributed by atoms with E-state index < -0.39 is 29.4 Å². The Balaban J connectivity index is 1.64. The molecule has 3 heterocycles. The largest absolute Gasteiger partial charge is 0.437 e. The van der Waals surface area contributed by atoms with Gasteiger partial charge in [-0.05, 0) is 26.0 Å². The predicted octanol–water partition coefficient (Wildman–Crippen LogP) is 1.60. The molecule has 1 unspecified atom stereocenters. The fraction of sp³-hybridized carbons (Fsp3) is 0.529. The van der Waals surface area contributed by atoms with Gasteiger partial charge in [0.05, 0.1) is 5.56 Å². The molecule has 2 aliphatic rings. The Morgan fingerprint density at radius 1 is 1.41 bits per heavy atom. The molecule has 2 fully saturated rings. The number of likely N-dealkylation sites (tertiary alicyclic amines) is 1. The van der Waals surface area contributed by atoms with Crippen LogP contribution in [0.4, 0.5) is 9.59 Å².